The second-order valence-corrected chi connectivity index (χ2v) is 4.32. The Morgan fingerprint density at radius 2 is 2.14 bits per heavy atom. The van der Waals surface area contributed by atoms with E-state index in [2.05, 4.69) is 19.2 Å². The molecule has 1 N–H and O–H groups in total. The van der Waals surface area contributed by atoms with Gasteiger partial charge in [-0.3, -0.25) is 0 Å². The number of hydrogen-bond acceptors (Lipinski definition) is 2. The average molecular weight is 199 g/mol. The van der Waals surface area contributed by atoms with Crippen LogP contribution >= 0.6 is 0 Å². The lowest BCUT2D eigenvalue weighted by Crippen LogP contribution is -2.29. The highest BCUT2D eigenvalue weighted by molar-refractivity contribution is 4.72. The zero-order valence-electron chi connectivity index (χ0n) is 9.72. The summed E-state index contributed by atoms with van der Waals surface area (Å²) in [4.78, 5) is 0. The van der Waals surface area contributed by atoms with E-state index < -0.39 is 0 Å². The van der Waals surface area contributed by atoms with Gasteiger partial charge in [0, 0.05) is 13.2 Å². The predicted octanol–water partition coefficient (Wildman–Crippen LogP) is 2.58. The van der Waals surface area contributed by atoms with Crippen molar-refractivity contribution in [2.45, 2.75) is 52.1 Å². The Kier molecular flexibility index (Phi) is 6.20. The fourth-order valence-corrected chi connectivity index (χ4v) is 1.68. The Labute approximate surface area is 88.4 Å². The molecule has 1 aliphatic rings. The van der Waals surface area contributed by atoms with Crippen LogP contribution < -0.4 is 5.32 Å². The first-order valence-corrected chi connectivity index (χ1v) is 6.19. The lowest BCUT2D eigenvalue weighted by molar-refractivity contribution is 0.0437. The van der Waals surface area contributed by atoms with E-state index in [0.29, 0.717) is 6.10 Å². The SMILES string of the molecule is CCCC(CNCC)OCCC1CC1. The van der Waals surface area contributed by atoms with E-state index in [1.165, 1.54) is 32.1 Å². The molecular formula is C12H25NO. The lowest BCUT2D eigenvalue weighted by Gasteiger charge is -2.17. The molecule has 1 unspecified atom stereocenters. The van der Waals surface area contributed by atoms with Crippen molar-refractivity contribution in [2.24, 2.45) is 5.92 Å². The smallest absolute Gasteiger partial charge is 0.0699 e. The van der Waals surface area contributed by atoms with Gasteiger partial charge in [-0.15, -0.1) is 0 Å². The van der Waals surface area contributed by atoms with E-state index in [9.17, 15) is 0 Å². The second kappa shape index (κ2) is 7.24. The Morgan fingerprint density at radius 3 is 2.71 bits per heavy atom. The standard InChI is InChI=1S/C12H25NO/c1-3-5-12(10-13-4-2)14-9-8-11-6-7-11/h11-13H,3-10H2,1-2H3. The van der Waals surface area contributed by atoms with Crippen LogP contribution in [0.15, 0.2) is 0 Å². The molecule has 1 atom stereocenters. The average Bonchev–Trinajstić information content (AvgIpc) is 2.98. The van der Waals surface area contributed by atoms with Gasteiger partial charge in [-0.1, -0.05) is 33.1 Å². The molecule has 0 aromatic rings. The van der Waals surface area contributed by atoms with Gasteiger partial charge in [0.1, 0.15) is 0 Å². The molecule has 0 bridgehead atoms. The van der Waals surface area contributed by atoms with Crippen LogP contribution in [0, 0.1) is 5.92 Å². The van der Waals surface area contributed by atoms with Crippen LogP contribution in [0.5, 0.6) is 0 Å². The molecule has 0 aromatic heterocycles. The molecule has 0 radical (unpaired) electrons. The van der Waals surface area contributed by atoms with E-state index in [0.717, 1.165) is 25.6 Å². The minimum Gasteiger partial charge on any atom is -0.377 e. The molecule has 0 spiro atoms. The molecule has 2 nitrogen and oxygen atoms in total. The molecule has 1 rings (SSSR count). The van der Waals surface area contributed by atoms with Crippen LogP contribution in [0.3, 0.4) is 0 Å². The van der Waals surface area contributed by atoms with Crippen molar-refractivity contribution < 1.29 is 4.74 Å². The van der Waals surface area contributed by atoms with Gasteiger partial charge in [0.05, 0.1) is 6.10 Å². The Morgan fingerprint density at radius 1 is 1.36 bits per heavy atom. The third kappa shape index (κ3) is 5.61. The molecule has 1 saturated carbocycles. The zero-order valence-corrected chi connectivity index (χ0v) is 9.72. The molecule has 1 aliphatic carbocycles. The fraction of sp³-hybridized carbons (Fsp3) is 1.00. The molecule has 0 saturated heterocycles. The van der Waals surface area contributed by atoms with Crippen molar-refractivity contribution in [1.82, 2.24) is 5.32 Å². The second-order valence-electron chi connectivity index (χ2n) is 4.32. The number of likely N-dealkylation sites (N-methyl/N-ethyl adjacent to an activating group) is 1. The molecular weight excluding hydrogens is 174 g/mol. The fourth-order valence-electron chi connectivity index (χ4n) is 1.68. The van der Waals surface area contributed by atoms with Gasteiger partial charge in [-0.2, -0.15) is 0 Å². The number of nitrogens with one attached hydrogen (secondary N) is 1. The molecule has 0 aromatic carbocycles. The van der Waals surface area contributed by atoms with Gasteiger partial charge in [-0.25, -0.2) is 0 Å². The van der Waals surface area contributed by atoms with Crippen LogP contribution in [-0.4, -0.2) is 25.8 Å². The highest BCUT2D eigenvalue weighted by atomic mass is 16.5. The number of ether oxygens (including phenoxy) is 1. The number of rotatable bonds is 9. The van der Waals surface area contributed by atoms with Crippen LogP contribution in [0.25, 0.3) is 0 Å². The van der Waals surface area contributed by atoms with Crippen molar-refractivity contribution >= 4 is 0 Å². The summed E-state index contributed by atoms with van der Waals surface area (Å²) < 4.78 is 5.87. The maximum Gasteiger partial charge on any atom is 0.0699 e. The van der Waals surface area contributed by atoms with Crippen molar-refractivity contribution in [3.8, 4) is 0 Å². The summed E-state index contributed by atoms with van der Waals surface area (Å²) in [6.07, 6.45) is 7.02. The van der Waals surface area contributed by atoms with Crippen LogP contribution in [0.2, 0.25) is 0 Å². The molecule has 0 aliphatic heterocycles. The first kappa shape index (κ1) is 12.0. The summed E-state index contributed by atoms with van der Waals surface area (Å²) in [6.45, 7) is 7.42. The van der Waals surface area contributed by atoms with Crippen molar-refractivity contribution in [3.05, 3.63) is 0 Å². The Bertz CT molecular complexity index is 134. The third-order valence-electron chi connectivity index (χ3n) is 2.81. The van der Waals surface area contributed by atoms with E-state index in [1.54, 1.807) is 0 Å². The first-order chi connectivity index (χ1) is 6.86. The van der Waals surface area contributed by atoms with Crippen LogP contribution in [-0.2, 0) is 4.74 Å². The first-order valence-electron chi connectivity index (χ1n) is 6.19. The summed E-state index contributed by atoms with van der Waals surface area (Å²) in [5, 5.41) is 3.36. The van der Waals surface area contributed by atoms with Gasteiger partial charge >= 0.3 is 0 Å². The minimum atomic E-state index is 0.443. The third-order valence-corrected chi connectivity index (χ3v) is 2.81. The summed E-state index contributed by atoms with van der Waals surface area (Å²) >= 11 is 0. The predicted molar refractivity (Wildman–Crippen MR) is 60.5 cm³/mol. The van der Waals surface area contributed by atoms with E-state index in [-0.39, 0.29) is 0 Å². The summed E-state index contributed by atoms with van der Waals surface area (Å²) in [5.41, 5.74) is 0. The minimum absolute atomic E-state index is 0.443. The topological polar surface area (TPSA) is 21.3 Å². The molecule has 0 amide bonds. The summed E-state index contributed by atoms with van der Waals surface area (Å²) in [5.74, 6) is 0.997. The molecule has 2 heteroatoms. The maximum absolute atomic E-state index is 5.87. The highest BCUT2D eigenvalue weighted by Crippen LogP contribution is 2.32. The van der Waals surface area contributed by atoms with Crippen LogP contribution in [0.1, 0.15) is 46.0 Å². The van der Waals surface area contributed by atoms with Crippen molar-refractivity contribution in [3.63, 3.8) is 0 Å². The molecule has 0 heterocycles. The van der Waals surface area contributed by atoms with Crippen LogP contribution in [0.4, 0.5) is 0 Å². The van der Waals surface area contributed by atoms with Crippen molar-refractivity contribution in [2.75, 3.05) is 19.7 Å². The number of hydrogen-bond donors (Lipinski definition) is 1. The van der Waals surface area contributed by atoms with E-state index in [1.807, 2.05) is 0 Å². The van der Waals surface area contributed by atoms with Gasteiger partial charge in [0.15, 0.2) is 0 Å². The van der Waals surface area contributed by atoms with E-state index in [4.69, 9.17) is 4.74 Å². The Balaban J connectivity index is 1.99. The lowest BCUT2D eigenvalue weighted by atomic mass is 10.2. The van der Waals surface area contributed by atoms with E-state index >= 15 is 0 Å². The quantitative estimate of drug-likeness (QED) is 0.616. The molecule has 1 fully saturated rings. The molecule has 84 valence electrons. The van der Waals surface area contributed by atoms with Gasteiger partial charge < -0.3 is 10.1 Å². The highest BCUT2D eigenvalue weighted by Gasteiger charge is 2.21. The van der Waals surface area contributed by atoms with Gasteiger partial charge in [-0.05, 0) is 25.3 Å². The largest absolute Gasteiger partial charge is 0.377 e. The summed E-state index contributed by atoms with van der Waals surface area (Å²) in [7, 11) is 0. The van der Waals surface area contributed by atoms with Crippen molar-refractivity contribution in [1.29, 1.82) is 0 Å². The molecule has 14 heavy (non-hydrogen) atoms. The zero-order chi connectivity index (χ0) is 10.2. The summed E-state index contributed by atoms with van der Waals surface area (Å²) in [6, 6.07) is 0. The maximum atomic E-state index is 5.87. The monoisotopic (exact) mass is 199 g/mol. The van der Waals surface area contributed by atoms with Gasteiger partial charge in [0.25, 0.3) is 0 Å². The van der Waals surface area contributed by atoms with Gasteiger partial charge in [0.2, 0.25) is 0 Å². The Hall–Kier alpha value is -0.0800. The normalized spacial score (nSPS) is 18.4.